The molecular formula is C52H35BrO8. The van der Waals surface area contributed by atoms with Crippen molar-refractivity contribution >= 4 is 82.9 Å². The summed E-state index contributed by atoms with van der Waals surface area (Å²) in [7, 11) is 0. The number of halogens is 1. The molecule has 0 N–H and O–H groups in total. The van der Waals surface area contributed by atoms with Crippen molar-refractivity contribution in [3.8, 4) is 0 Å². The van der Waals surface area contributed by atoms with Gasteiger partial charge in [-0.05, 0) is 68.1 Å². The molecule has 0 atom stereocenters. The Bertz CT molecular complexity index is 3030. The molecule has 0 aliphatic heterocycles. The molecule has 0 radical (unpaired) electrons. The van der Waals surface area contributed by atoms with Gasteiger partial charge in [0.15, 0.2) is 0 Å². The van der Waals surface area contributed by atoms with Gasteiger partial charge in [-0.25, -0.2) is 19.2 Å². The Morgan fingerprint density at radius 1 is 0.328 bits per heavy atom. The fourth-order valence-corrected chi connectivity index (χ4v) is 8.46. The number of carbonyl (C=O) groups is 4. The second kappa shape index (κ2) is 17.1. The monoisotopic (exact) mass is 866 g/mol. The molecule has 0 saturated carbocycles. The summed E-state index contributed by atoms with van der Waals surface area (Å²) >= 11 is 3.79. The van der Waals surface area contributed by atoms with Crippen molar-refractivity contribution in [1.29, 1.82) is 0 Å². The maximum Gasteiger partial charge on any atom is 0.339 e. The highest BCUT2D eigenvalue weighted by molar-refractivity contribution is 9.10. The van der Waals surface area contributed by atoms with E-state index in [1.54, 1.807) is 30.3 Å². The van der Waals surface area contributed by atoms with E-state index in [-0.39, 0.29) is 48.7 Å². The Morgan fingerprint density at radius 3 is 1.02 bits per heavy atom. The zero-order valence-corrected chi connectivity index (χ0v) is 34.1. The maximum atomic E-state index is 14.2. The first-order valence-electron chi connectivity index (χ1n) is 19.6. The predicted octanol–water partition coefficient (Wildman–Crippen LogP) is 11.9. The quantitative estimate of drug-likeness (QED) is 0.0517. The average Bonchev–Trinajstić information content (AvgIpc) is 3.31. The van der Waals surface area contributed by atoms with Gasteiger partial charge in [-0.3, -0.25) is 0 Å². The SMILES string of the molecule is O=C(OCc1ccccc1)c1ccc2c3ccc(C(=O)OCc4ccccc4)c4c(C(=O)OCc5ccccc5)cc(Br)c(c5ccc(C(=O)OCc6ccccc6)c1c25)c43. The Morgan fingerprint density at radius 2 is 0.639 bits per heavy atom. The van der Waals surface area contributed by atoms with Gasteiger partial charge in [0, 0.05) is 26.0 Å². The summed E-state index contributed by atoms with van der Waals surface area (Å²) in [5, 5.41) is 4.56. The second-order valence-electron chi connectivity index (χ2n) is 14.5. The van der Waals surface area contributed by atoms with Gasteiger partial charge in [0.1, 0.15) is 26.4 Å². The fraction of sp³-hybridized carbons (Fsp3) is 0.0769. The summed E-state index contributed by atoms with van der Waals surface area (Å²) < 4.78 is 24.0. The van der Waals surface area contributed by atoms with Crippen LogP contribution in [0.15, 0.2) is 168 Å². The average molecular weight is 868 g/mol. The lowest BCUT2D eigenvalue weighted by atomic mass is 9.84. The summed E-state index contributed by atoms with van der Waals surface area (Å²) in [4.78, 5) is 56.5. The number of fused-ring (bicyclic) bond motifs is 2. The van der Waals surface area contributed by atoms with E-state index in [0.29, 0.717) is 47.6 Å². The van der Waals surface area contributed by atoms with Crippen molar-refractivity contribution in [2.24, 2.45) is 0 Å². The van der Waals surface area contributed by atoms with Crippen LogP contribution in [0.25, 0.3) is 43.1 Å². The van der Waals surface area contributed by atoms with E-state index in [0.717, 1.165) is 22.3 Å². The van der Waals surface area contributed by atoms with E-state index in [1.165, 1.54) is 0 Å². The van der Waals surface area contributed by atoms with Crippen LogP contribution in [0.4, 0.5) is 0 Å². The van der Waals surface area contributed by atoms with Gasteiger partial charge in [0.2, 0.25) is 0 Å². The lowest BCUT2D eigenvalue weighted by molar-refractivity contribution is 0.0458. The topological polar surface area (TPSA) is 105 Å². The third-order valence-corrected chi connectivity index (χ3v) is 11.3. The molecule has 0 saturated heterocycles. The minimum absolute atomic E-state index is 0.0163. The van der Waals surface area contributed by atoms with E-state index in [9.17, 15) is 19.2 Å². The number of carbonyl (C=O) groups excluding carboxylic acids is 4. The summed E-state index contributed by atoms with van der Waals surface area (Å²) in [5.41, 5.74) is 3.93. The number of hydrogen-bond acceptors (Lipinski definition) is 8. The standard InChI is InChI=1S/C52H35BrO8/c53-43-27-42(52(57)61-31-35-19-11-4-12-20-35)46-41(51(56)60-30-34-17-9-3-10-18-34)25-22-37-36-21-24-39(49(54)58-28-32-13-5-1-6-14-32)45-40(26-23-38(44(36)45)47(43)48(37)46)50(55)59-29-33-15-7-2-8-16-33/h1-27H,28-31H2. The van der Waals surface area contributed by atoms with Gasteiger partial charge in [0.25, 0.3) is 0 Å². The molecule has 298 valence electrons. The first-order valence-corrected chi connectivity index (χ1v) is 20.4. The van der Waals surface area contributed by atoms with E-state index >= 15 is 0 Å². The number of rotatable bonds is 12. The maximum absolute atomic E-state index is 14.2. The molecule has 0 amide bonds. The highest BCUT2D eigenvalue weighted by atomic mass is 79.9. The third-order valence-electron chi connectivity index (χ3n) is 10.7. The summed E-state index contributed by atoms with van der Waals surface area (Å²) in [6.45, 7) is 0.0871. The highest BCUT2D eigenvalue weighted by Crippen LogP contribution is 2.47. The van der Waals surface area contributed by atoms with Crippen LogP contribution in [0.2, 0.25) is 0 Å². The van der Waals surface area contributed by atoms with Gasteiger partial charge in [-0.2, -0.15) is 0 Å². The van der Waals surface area contributed by atoms with Crippen LogP contribution in [0.3, 0.4) is 0 Å². The van der Waals surface area contributed by atoms with Crippen molar-refractivity contribution in [1.82, 2.24) is 0 Å². The van der Waals surface area contributed by atoms with Gasteiger partial charge >= 0.3 is 23.9 Å². The summed E-state index contributed by atoms with van der Waals surface area (Å²) in [5.74, 6) is -2.49. The van der Waals surface area contributed by atoms with E-state index < -0.39 is 23.9 Å². The number of esters is 4. The Labute approximate surface area is 358 Å². The third kappa shape index (κ3) is 7.79. The molecule has 0 aliphatic rings. The van der Waals surface area contributed by atoms with E-state index in [1.807, 2.05) is 133 Å². The minimum Gasteiger partial charge on any atom is -0.457 e. The van der Waals surface area contributed by atoms with Gasteiger partial charge in [-0.1, -0.05) is 155 Å². The van der Waals surface area contributed by atoms with E-state index in [2.05, 4.69) is 15.9 Å². The van der Waals surface area contributed by atoms with Crippen molar-refractivity contribution in [3.63, 3.8) is 0 Å². The molecule has 0 unspecified atom stereocenters. The van der Waals surface area contributed by atoms with Crippen molar-refractivity contribution in [3.05, 3.63) is 213 Å². The van der Waals surface area contributed by atoms with Crippen LogP contribution >= 0.6 is 15.9 Å². The van der Waals surface area contributed by atoms with Crippen LogP contribution in [0, 0.1) is 0 Å². The highest BCUT2D eigenvalue weighted by Gasteiger charge is 2.29. The molecule has 0 fully saturated rings. The van der Waals surface area contributed by atoms with Crippen LogP contribution in [-0.4, -0.2) is 23.9 Å². The van der Waals surface area contributed by atoms with Crippen LogP contribution < -0.4 is 0 Å². The fourth-order valence-electron chi connectivity index (χ4n) is 7.82. The van der Waals surface area contributed by atoms with Crippen molar-refractivity contribution in [2.45, 2.75) is 26.4 Å². The zero-order valence-electron chi connectivity index (χ0n) is 32.6. The predicted molar refractivity (Wildman–Crippen MR) is 238 cm³/mol. The zero-order chi connectivity index (χ0) is 41.9. The van der Waals surface area contributed by atoms with E-state index in [4.69, 9.17) is 18.9 Å². The molecule has 0 spiro atoms. The minimum atomic E-state index is -0.630. The first-order chi connectivity index (χ1) is 29.9. The molecule has 0 aromatic heterocycles. The molecule has 8 nitrogen and oxygen atoms in total. The van der Waals surface area contributed by atoms with Gasteiger partial charge in [-0.15, -0.1) is 0 Å². The van der Waals surface area contributed by atoms with Crippen molar-refractivity contribution < 1.29 is 38.1 Å². The normalized spacial score (nSPS) is 11.2. The molecule has 9 heteroatoms. The lowest BCUT2D eigenvalue weighted by Gasteiger charge is -2.21. The number of benzene rings is 9. The number of hydrogen-bond donors (Lipinski definition) is 0. The van der Waals surface area contributed by atoms with Crippen molar-refractivity contribution in [2.75, 3.05) is 0 Å². The number of ether oxygens (including phenoxy) is 4. The smallest absolute Gasteiger partial charge is 0.339 e. The summed E-state index contributed by atoms with van der Waals surface area (Å²) in [6.07, 6.45) is 0. The molecular weight excluding hydrogens is 832 g/mol. The summed E-state index contributed by atoms with van der Waals surface area (Å²) in [6, 6.07) is 49.4. The van der Waals surface area contributed by atoms with Crippen LogP contribution in [-0.2, 0) is 45.4 Å². The molecule has 0 heterocycles. The largest absolute Gasteiger partial charge is 0.457 e. The van der Waals surface area contributed by atoms with Crippen LogP contribution in [0.1, 0.15) is 63.7 Å². The molecule has 0 bridgehead atoms. The molecule has 9 aromatic carbocycles. The van der Waals surface area contributed by atoms with Crippen LogP contribution in [0.5, 0.6) is 0 Å². The molecule has 61 heavy (non-hydrogen) atoms. The Hall–Kier alpha value is -7.36. The molecule has 0 aliphatic carbocycles. The van der Waals surface area contributed by atoms with Gasteiger partial charge in [0.05, 0.1) is 22.3 Å². The Kier molecular flexibility index (Phi) is 11.0. The van der Waals surface area contributed by atoms with Gasteiger partial charge < -0.3 is 18.9 Å². The molecule has 9 rings (SSSR count). The molecule has 9 aromatic rings. The second-order valence-corrected chi connectivity index (χ2v) is 15.4. The first kappa shape index (κ1) is 39.1. The Balaban J connectivity index is 1.24. The lowest BCUT2D eigenvalue weighted by Crippen LogP contribution is -2.12.